The highest BCUT2D eigenvalue weighted by molar-refractivity contribution is 5.00. The Bertz CT molecular complexity index is 389. The molecule has 1 aliphatic rings. The van der Waals surface area contributed by atoms with E-state index in [1.165, 1.54) is 0 Å². The molecule has 1 saturated carbocycles. The van der Waals surface area contributed by atoms with Gasteiger partial charge in [-0.25, -0.2) is 0 Å². The molecule has 1 aliphatic carbocycles. The Labute approximate surface area is 108 Å². The summed E-state index contributed by atoms with van der Waals surface area (Å²) in [4.78, 5) is 4.36. The van der Waals surface area contributed by atoms with Gasteiger partial charge in [0.1, 0.15) is 5.60 Å². The molecule has 0 aliphatic heterocycles. The SMILES string of the molecule is CCOC(C)(CC)c1noc(CC(O)C2CC2)n1. The van der Waals surface area contributed by atoms with Crippen LogP contribution in [0.1, 0.15) is 51.7 Å². The van der Waals surface area contributed by atoms with Crippen molar-refractivity contribution in [1.29, 1.82) is 0 Å². The molecule has 0 amide bonds. The molecular formula is C13H22N2O3. The van der Waals surface area contributed by atoms with E-state index in [4.69, 9.17) is 9.26 Å². The largest absolute Gasteiger partial charge is 0.392 e. The number of aliphatic hydroxyl groups is 1. The number of aromatic nitrogens is 2. The molecule has 2 unspecified atom stereocenters. The van der Waals surface area contributed by atoms with Crippen LogP contribution >= 0.6 is 0 Å². The van der Waals surface area contributed by atoms with Crippen LogP contribution in [0.25, 0.3) is 0 Å². The van der Waals surface area contributed by atoms with Crippen LogP contribution in [0.15, 0.2) is 4.52 Å². The molecule has 5 heteroatoms. The number of nitrogens with zero attached hydrogens (tertiary/aromatic N) is 2. The van der Waals surface area contributed by atoms with Crippen LogP contribution in [0, 0.1) is 5.92 Å². The topological polar surface area (TPSA) is 68.4 Å². The smallest absolute Gasteiger partial charge is 0.229 e. The predicted octanol–water partition coefficient (Wildman–Crippen LogP) is 2.04. The summed E-state index contributed by atoms with van der Waals surface area (Å²) in [6.45, 7) is 6.55. The van der Waals surface area contributed by atoms with Gasteiger partial charge in [0.15, 0.2) is 0 Å². The minimum absolute atomic E-state index is 0.349. The van der Waals surface area contributed by atoms with E-state index in [0.717, 1.165) is 19.3 Å². The van der Waals surface area contributed by atoms with Gasteiger partial charge < -0.3 is 14.4 Å². The molecule has 0 aromatic carbocycles. The normalized spacial score (nSPS) is 20.7. The Morgan fingerprint density at radius 2 is 2.22 bits per heavy atom. The Kier molecular flexibility index (Phi) is 4.02. The highest BCUT2D eigenvalue weighted by atomic mass is 16.5. The number of hydrogen-bond donors (Lipinski definition) is 1. The summed E-state index contributed by atoms with van der Waals surface area (Å²) in [6.07, 6.45) is 3.09. The molecule has 102 valence electrons. The fourth-order valence-electron chi connectivity index (χ4n) is 2.02. The van der Waals surface area contributed by atoms with Crippen molar-refractivity contribution in [2.24, 2.45) is 5.92 Å². The van der Waals surface area contributed by atoms with Gasteiger partial charge in [0, 0.05) is 6.61 Å². The predicted molar refractivity (Wildman–Crippen MR) is 66.0 cm³/mol. The van der Waals surface area contributed by atoms with Gasteiger partial charge in [-0.3, -0.25) is 0 Å². The summed E-state index contributed by atoms with van der Waals surface area (Å²) >= 11 is 0. The minimum Gasteiger partial charge on any atom is -0.392 e. The van der Waals surface area contributed by atoms with Crippen molar-refractivity contribution in [3.05, 3.63) is 11.7 Å². The van der Waals surface area contributed by atoms with Gasteiger partial charge in [-0.1, -0.05) is 12.1 Å². The Morgan fingerprint density at radius 3 is 2.78 bits per heavy atom. The van der Waals surface area contributed by atoms with Gasteiger partial charge in [0.2, 0.25) is 11.7 Å². The lowest BCUT2D eigenvalue weighted by Gasteiger charge is -2.23. The third-order valence-electron chi connectivity index (χ3n) is 3.63. The van der Waals surface area contributed by atoms with E-state index in [2.05, 4.69) is 10.1 Å². The van der Waals surface area contributed by atoms with E-state index < -0.39 is 5.60 Å². The molecule has 0 radical (unpaired) electrons. The van der Waals surface area contributed by atoms with Gasteiger partial charge >= 0.3 is 0 Å². The lowest BCUT2D eigenvalue weighted by Crippen LogP contribution is -2.26. The Morgan fingerprint density at radius 1 is 1.50 bits per heavy atom. The van der Waals surface area contributed by atoms with Crippen LogP contribution in [0.4, 0.5) is 0 Å². The van der Waals surface area contributed by atoms with Gasteiger partial charge in [0.05, 0.1) is 12.5 Å². The van der Waals surface area contributed by atoms with Gasteiger partial charge in [-0.05, 0) is 39.0 Å². The summed E-state index contributed by atoms with van der Waals surface area (Å²) in [5.74, 6) is 1.50. The molecule has 5 nitrogen and oxygen atoms in total. The van der Waals surface area contributed by atoms with Crippen molar-refractivity contribution in [2.45, 2.75) is 58.2 Å². The molecule has 2 atom stereocenters. The fraction of sp³-hybridized carbons (Fsp3) is 0.846. The zero-order valence-electron chi connectivity index (χ0n) is 11.3. The molecule has 2 rings (SSSR count). The fourth-order valence-corrected chi connectivity index (χ4v) is 2.02. The summed E-state index contributed by atoms with van der Waals surface area (Å²) in [6, 6.07) is 0. The van der Waals surface area contributed by atoms with Gasteiger partial charge in [0.25, 0.3) is 0 Å². The second-order valence-corrected chi connectivity index (χ2v) is 5.14. The first-order chi connectivity index (χ1) is 8.59. The van der Waals surface area contributed by atoms with Crippen molar-refractivity contribution < 1.29 is 14.4 Å². The average molecular weight is 254 g/mol. The number of aliphatic hydroxyl groups excluding tert-OH is 1. The summed E-state index contributed by atoms with van der Waals surface area (Å²) < 4.78 is 10.9. The Hall–Kier alpha value is -0.940. The standard InChI is InChI=1S/C13H22N2O3/c1-4-13(3,17-5-2)12-14-11(18-15-12)8-10(16)9-6-7-9/h9-10,16H,4-8H2,1-3H3. The van der Waals surface area contributed by atoms with Crippen LogP contribution < -0.4 is 0 Å². The van der Waals surface area contributed by atoms with Crippen molar-refractivity contribution in [3.63, 3.8) is 0 Å². The lowest BCUT2D eigenvalue weighted by atomic mass is 10.0. The van der Waals surface area contributed by atoms with E-state index in [-0.39, 0.29) is 6.10 Å². The molecule has 1 aromatic heterocycles. The van der Waals surface area contributed by atoms with Crippen molar-refractivity contribution in [2.75, 3.05) is 6.61 Å². The van der Waals surface area contributed by atoms with Gasteiger partial charge in [-0.2, -0.15) is 4.98 Å². The van der Waals surface area contributed by atoms with E-state index >= 15 is 0 Å². The summed E-state index contributed by atoms with van der Waals surface area (Å²) in [5.41, 5.74) is -0.499. The first kappa shape index (κ1) is 13.5. The van der Waals surface area contributed by atoms with Crippen molar-refractivity contribution in [1.82, 2.24) is 10.1 Å². The van der Waals surface area contributed by atoms with E-state index in [9.17, 15) is 5.11 Å². The third-order valence-corrected chi connectivity index (χ3v) is 3.63. The molecule has 1 aromatic rings. The minimum atomic E-state index is -0.499. The monoisotopic (exact) mass is 254 g/mol. The highest BCUT2D eigenvalue weighted by Crippen LogP contribution is 2.34. The summed E-state index contributed by atoms with van der Waals surface area (Å²) in [7, 11) is 0. The van der Waals surface area contributed by atoms with Gasteiger partial charge in [-0.15, -0.1) is 0 Å². The highest BCUT2D eigenvalue weighted by Gasteiger charge is 2.33. The first-order valence-electron chi connectivity index (χ1n) is 6.74. The summed E-state index contributed by atoms with van der Waals surface area (Å²) in [5, 5.41) is 13.8. The van der Waals surface area contributed by atoms with Crippen molar-refractivity contribution >= 4 is 0 Å². The van der Waals surface area contributed by atoms with Crippen LogP contribution in [0.2, 0.25) is 0 Å². The molecule has 1 fully saturated rings. The Balaban J connectivity index is 2.03. The van der Waals surface area contributed by atoms with Crippen LogP contribution in [0.3, 0.4) is 0 Å². The average Bonchev–Trinajstić information content (AvgIpc) is 3.10. The maximum atomic E-state index is 9.86. The number of ether oxygens (including phenoxy) is 1. The molecule has 0 bridgehead atoms. The van der Waals surface area contributed by atoms with E-state index in [1.54, 1.807) is 0 Å². The van der Waals surface area contributed by atoms with Crippen LogP contribution in [0.5, 0.6) is 0 Å². The number of hydrogen-bond acceptors (Lipinski definition) is 5. The molecule has 18 heavy (non-hydrogen) atoms. The second-order valence-electron chi connectivity index (χ2n) is 5.14. The quantitative estimate of drug-likeness (QED) is 0.806. The van der Waals surface area contributed by atoms with Crippen molar-refractivity contribution in [3.8, 4) is 0 Å². The van der Waals surface area contributed by atoms with E-state index in [1.807, 2.05) is 20.8 Å². The molecule has 0 saturated heterocycles. The lowest BCUT2D eigenvalue weighted by molar-refractivity contribution is -0.0403. The molecule has 1 N–H and O–H groups in total. The zero-order valence-corrected chi connectivity index (χ0v) is 11.3. The van der Waals surface area contributed by atoms with Crippen LogP contribution in [-0.4, -0.2) is 28.0 Å². The second kappa shape index (κ2) is 5.36. The molecular weight excluding hydrogens is 232 g/mol. The van der Waals surface area contributed by atoms with E-state index in [0.29, 0.717) is 30.7 Å². The maximum absolute atomic E-state index is 9.86. The zero-order chi connectivity index (χ0) is 13.2. The third kappa shape index (κ3) is 2.90. The van der Waals surface area contributed by atoms with Crippen LogP contribution in [-0.2, 0) is 16.8 Å². The molecule has 1 heterocycles. The maximum Gasteiger partial charge on any atom is 0.229 e. The number of rotatable bonds is 7. The molecule has 0 spiro atoms. The first-order valence-corrected chi connectivity index (χ1v) is 6.74.